The number of hydrogen-bond acceptors (Lipinski definition) is 2. The first-order valence-corrected chi connectivity index (χ1v) is 3.73. The van der Waals surface area contributed by atoms with Gasteiger partial charge >= 0.3 is 0 Å². The summed E-state index contributed by atoms with van der Waals surface area (Å²) in [4.78, 5) is 10.1. The minimum Gasteiger partial charge on any atom is -0.388 e. The van der Waals surface area contributed by atoms with Gasteiger partial charge in [-0.15, -0.1) is 0 Å². The van der Waals surface area contributed by atoms with Crippen LogP contribution in [0.5, 0.6) is 0 Å². The van der Waals surface area contributed by atoms with Crippen molar-refractivity contribution in [3.8, 4) is 0 Å². The lowest BCUT2D eigenvalue weighted by molar-refractivity contribution is -0.113. The molecule has 0 aliphatic carbocycles. The maximum absolute atomic E-state index is 10.1. The molecule has 0 amide bonds. The predicted molar refractivity (Wildman–Crippen MR) is 41.5 cm³/mol. The van der Waals surface area contributed by atoms with E-state index in [-0.39, 0.29) is 0 Å². The lowest BCUT2D eigenvalue weighted by atomic mass is 10.1. The van der Waals surface area contributed by atoms with E-state index >= 15 is 0 Å². The van der Waals surface area contributed by atoms with Crippen molar-refractivity contribution in [2.75, 3.05) is 0 Å². The van der Waals surface area contributed by atoms with Crippen LogP contribution < -0.4 is 0 Å². The van der Waals surface area contributed by atoms with E-state index in [1.807, 2.05) is 0 Å². The first-order chi connectivity index (χ1) is 4.39. The number of halogens is 3. The smallest absolute Gasteiger partial charge is 0.216 e. The number of rotatable bonds is 2. The fraction of sp³-hybridized carbons (Fsp3) is 0.800. The summed E-state index contributed by atoms with van der Waals surface area (Å²) in [7, 11) is 0. The number of carbonyl (C=O) groups excluding carboxylic acids is 1. The second kappa shape index (κ2) is 3.77. The van der Waals surface area contributed by atoms with Crippen molar-refractivity contribution in [1.29, 1.82) is 0 Å². The number of alkyl halides is 3. The molecular weight excluding hydrogens is 198 g/mol. The van der Waals surface area contributed by atoms with Gasteiger partial charge in [-0.2, -0.15) is 0 Å². The maximum Gasteiger partial charge on any atom is 0.216 e. The average molecular weight is 205 g/mol. The van der Waals surface area contributed by atoms with Gasteiger partial charge in [0.15, 0.2) is 0 Å². The highest BCUT2D eigenvalue weighted by Gasteiger charge is 2.34. The Morgan fingerprint density at radius 2 is 1.90 bits per heavy atom. The van der Waals surface area contributed by atoms with Crippen LogP contribution in [0.1, 0.15) is 6.92 Å². The summed E-state index contributed by atoms with van der Waals surface area (Å²) in [6.45, 7) is 1.47. The molecule has 0 aliphatic rings. The van der Waals surface area contributed by atoms with E-state index in [1.165, 1.54) is 6.92 Å². The van der Waals surface area contributed by atoms with Crippen molar-refractivity contribution in [1.82, 2.24) is 0 Å². The maximum atomic E-state index is 10.1. The molecular formula is C5H7Cl3O2. The molecule has 2 atom stereocenters. The predicted octanol–water partition coefficient (Wildman–Crippen LogP) is 1.55. The molecule has 2 nitrogen and oxygen atoms in total. The van der Waals surface area contributed by atoms with E-state index in [2.05, 4.69) is 0 Å². The molecule has 0 aliphatic heterocycles. The largest absolute Gasteiger partial charge is 0.388 e. The summed E-state index contributed by atoms with van der Waals surface area (Å²) in [5, 5.41) is 9.03. The van der Waals surface area contributed by atoms with Crippen LogP contribution in [0.4, 0.5) is 0 Å². The Morgan fingerprint density at radius 3 is 2.00 bits per heavy atom. The van der Waals surface area contributed by atoms with Crippen LogP contribution in [-0.4, -0.2) is 21.3 Å². The molecule has 60 valence electrons. The van der Waals surface area contributed by atoms with Crippen LogP contribution in [0.25, 0.3) is 0 Å². The van der Waals surface area contributed by atoms with E-state index in [0.29, 0.717) is 6.29 Å². The van der Waals surface area contributed by atoms with Gasteiger partial charge in [-0.3, -0.25) is 0 Å². The van der Waals surface area contributed by atoms with Gasteiger partial charge in [0.05, 0.1) is 0 Å². The Labute approximate surface area is 74.1 Å². The normalized spacial score (nSPS) is 18.1. The highest BCUT2D eigenvalue weighted by atomic mass is 35.6. The minimum absolute atomic E-state index is 0.534. The fourth-order valence-corrected chi connectivity index (χ4v) is 0.969. The zero-order valence-corrected chi connectivity index (χ0v) is 7.49. The lowest BCUT2D eigenvalue weighted by Crippen LogP contribution is -2.32. The molecule has 0 bridgehead atoms. The Balaban J connectivity index is 4.07. The molecule has 10 heavy (non-hydrogen) atoms. The van der Waals surface area contributed by atoms with Gasteiger partial charge in [-0.1, -0.05) is 41.7 Å². The Hall–Kier alpha value is 0.500. The van der Waals surface area contributed by atoms with E-state index in [4.69, 9.17) is 39.9 Å². The molecule has 0 aromatic heterocycles. The number of aliphatic hydroxyl groups is 1. The molecule has 0 fully saturated rings. The van der Waals surface area contributed by atoms with Gasteiger partial charge in [-0.05, 0) is 0 Å². The second-order valence-corrected chi connectivity index (χ2v) is 4.35. The first kappa shape index (κ1) is 10.5. The SMILES string of the molecule is CC(C=O)C(O)C(Cl)(Cl)Cl. The monoisotopic (exact) mass is 204 g/mol. The van der Waals surface area contributed by atoms with E-state index in [0.717, 1.165) is 0 Å². The molecule has 5 heteroatoms. The number of carbonyl (C=O) groups is 1. The van der Waals surface area contributed by atoms with Crippen molar-refractivity contribution in [2.45, 2.75) is 16.8 Å². The zero-order chi connectivity index (χ0) is 8.36. The van der Waals surface area contributed by atoms with E-state index < -0.39 is 15.8 Å². The van der Waals surface area contributed by atoms with Gasteiger partial charge in [0.25, 0.3) is 0 Å². The summed E-state index contributed by atoms with van der Waals surface area (Å²) < 4.78 is -1.78. The minimum atomic E-state index is -1.78. The Kier molecular flexibility index (Phi) is 3.95. The lowest BCUT2D eigenvalue weighted by Gasteiger charge is -2.20. The van der Waals surface area contributed by atoms with Crippen molar-refractivity contribution < 1.29 is 9.90 Å². The Bertz CT molecular complexity index is 121. The van der Waals surface area contributed by atoms with Crippen LogP contribution in [0.2, 0.25) is 0 Å². The molecule has 0 aromatic carbocycles. The molecule has 0 rings (SSSR count). The third-order valence-electron chi connectivity index (χ3n) is 1.05. The van der Waals surface area contributed by atoms with Gasteiger partial charge in [0.2, 0.25) is 3.79 Å². The van der Waals surface area contributed by atoms with Crippen LogP contribution in [-0.2, 0) is 4.79 Å². The third-order valence-corrected chi connectivity index (χ3v) is 1.72. The highest BCUT2D eigenvalue weighted by Crippen LogP contribution is 2.33. The van der Waals surface area contributed by atoms with Crippen molar-refractivity contribution in [3.05, 3.63) is 0 Å². The van der Waals surface area contributed by atoms with Gasteiger partial charge in [-0.25, -0.2) is 0 Å². The van der Waals surface area contributed by atoms with Gasteiger partial charge < -0.3 is 9.90 Å². The summed E-state index contributed by atoms with van der Waals surface area (Å²) in [5.74, 6) is -0.660. The van der Waals surface area contributed by atoms with Crippen LogP contribution in [0.3, 0.4) is 0 Å². The van der Waals surface area contributed by atoms with Crippen molar-refractivity contribution in [2.24, 2.45) is 5.92 Å². The molecule has 0 saturated carbocycles. The van der Waals surface area contributed by atoms with E-state index in [1.54, 1.807) is 0 Å². The van der Waals surface area contributed by atoms with Gasteiger partial charge in [0.1, 0.15) is 12.4 Å². The second-order valence-electron chi connectivity index (χ2n) is 1.98. The topological polar surface area (TPSA) is 37.3 Å². The van der Waals surface area contributed by atoms with E-state index in [9.17, 15) is 4.79 Å². The summed E-state index contributed by atoms with van der Waals surface area (Å²) in [6.07, 6.45) is -0.706. The summed E-state index contributed by atoms with van der Waals surface area (Å²) in [5.41, 5.74) is 0. The molecule has 0 radical (unpaired) electrons. The first-order valence-electron chi connectivity index (χ1n) is 2.59. The molecule has 1 N–H and O–H groups in total. The average Bonchev–Trinajstić information content (AvgIpc) is 1.83. The van der Waals surface area contributed by atoms with Crippen LogP contribution in [0, 0.1) is 5.92 Å². The molecule has 0 heterocycles. The van der Waals surface area contributed by atoms with Crippen molar-refractivity contribution in [3.63, 3.8) is 0 Å². The Morgan fingerprint density at radius 1 is 1.50 bits per heavy atom. The standard InChI is InChI=1S/C5H7Cl3O2/c1-3(2-9)4(10)5(6,7)8/h2-4,10H,1H3. The molecule has 2 unspecified atom stereocenters. The molecule has 0 saturated heterocycles. The number of aldehydes is 1. The fourth-order valence-electron chi connectivity index (χ4n) is 0.373. The van der Waals surface area contributed by atoms with Crippen LogP contribution in [0.15, 0.2) is 0 Å². The highest BCUT2D eigenvalue weighted by molar-refractivity contribution is 6.68. The molecule has 0 spiro atoms. The summed E-state index contributed by atoms with van der Waals surface area (Å²) >= 11 is 15.8. The summed E-state index contributed by atoms with van der Waals surface area (Å²) in [6, 6.07) is 0. The third kappa shape index (κ3) is 3.06. The molecule has 0 aromatic rings. The quantitative estimate of drug-likeness (QED) is 0.549. The van der Waals surface area contributed by atoms with Gasteiger partial charge in [0, 0.05) is 5.92 Å². The van der Waals surface area contributed by atoms with Crippen molar-refractivity contribution >= 4 is 41.1 Å². The number of aliphatic hydroxyl groups excluding tert-OH is 1. The van der Waals surface area contributed by atoms with Crippen LogP contribution >= 0.6 is 34.8 Å². The zero-order valence-electron chi connectivity index (χ0n) is 5.22. The number of hydrogen-bond donors (Lipinski definition) is 1.